The molecule has 0 saturated heterocycles. The Hall–Kier alpha value is -1.22. The van der Waals surface area contributed by atoms with Gasteiger partial charge < -0.3 is 0 Å². The zero-order chi connectivity index (χ0) is 15.0. The Morgan fingerprint density at radius 2 is 1.65 bits per heavy atom. The molecule has 104 valence electrons. The molecule has 1 aromatic heterocycles. The van der Waals surface area contributed by atoms with E-state index < -0.39 is 10.0 Å². The van der Waals surface area contributed by atoms with Gasteiger partial charge in [0.2, 0.25) is 0 Å². The molecular weight excluding hydrogens is 261 g/mol. The van der Waals surface area contributed by atoms with E-state index in [4.69, 9.17) is 7.85 Å². The maximum absolute atomic E-state index is 6.39. The van der Waals surface area contributed by atoms with Crippen molar-refractivity contribution in [3.05, 3.63) is 48.2 Å². The topological polar surface area (TPSA) is 12.9 Å². The molecule has 0 amide bonds. The standard InChI is InChI=1S/C17H22BNS/c1-17(2,18)14-11-15(13-9-7-6-8-10-13)19-12-16(14)20(3,4)5/h6-12H,1-5H3. The highest BCUT2D eigenvalue weighted by atomic mass is 32.3. The molecule has 1 nitrogen and oxygen atoms in total. The molecule has 0 aliphatic rings. The molecular formula is C17H22BNS. The van der Waals surface area contributed by atoms with E-state index in [9.17, 15) is 0 Å². The second-order valence-corrected chi connectivity index (χ2v) is 10.6. The van der Waals surface area contributed by atoms with Gasteiger partial charge in [0.1, 0.15) is 0 Å². The van der Waals surface area contributed by atoms with Crippen molar-refractivity contribution >= 4 is 17.9 Å². The fourth-order valence-corrected chi connectivity index (χ4v) is 3.55. The average Bonchev–Trinajstić information content (AvgIpc) is 2.37. The van der Waals surface area contributed by atoms with Crippen molar-refractivity contribution in [2.75, 3.05) is 18.8 Å². The van der Waals surface area contributed by atoms with Crippen LogP contribution in [0.4, 0.5) is 0 Å². The Morgan fingerprint density at radius 3 is 2.15 bits per heavy atom. The normalized spacial score (nSPS) is 13.2. The molecule has 0 aliphatic heterocycles. The maximum atomic E-state index is 6.39. The number of pyridine rings is 1. The van der Waals surface area contributed by atoms with Gasteiger partial charge in [-0.15, -0.1) is 0 Å². The highest BCUT2D eigenvalue weighted by Gasteiger charge is 2.23. The molecule has 20 heavy (non-hydrogen) atoms. The summed E-state index contributed by atoms with van der Waals surface area (Å²) in [5.41, 5.74) is 3.33. The Balaban J connectivity index is 2.62. The summed E-state index contributed by atoms with van der Waals surface area (Å²) in [4.78, 5) is 5.95. The molecule has 0 aliphatic carbocycles. The zero-order valence-corrected chi connectivity index (χ0v) is 13.8. The third-order valence-electron chi connectivity index (χ3n) is 3.29. The molecule has 0 N–H and O–H groups in total. The van der Waals surface area contributed by atoms with Crippen LogP contribution in [0.5, 0.6) is 0 Å². The number of rotatable bonds is 3. The highest BCUT2D eigenvalue weighted by molar-refractivity contribution is 8.32. The summed E-state index contributed by atoms with van der Waals surface area (Å²) in [6.07, 6.45) is 8.85. The SMILES string of the molecule is [B]C(C)(C)c1cc(-c2ccccc2)ncc1S(C)(C)C. The van der Waals surface area contributed by atoms with Gasteiger partial charge in [0.25, 0.3) is 0 Å². The fraction of sp³-hybridized carbons (Fsp3) is 0.353. The Kier molecular flexibility index (Phi) is 4.01. The smallest absolute Gasteiger partial charge is 0.0803 e. The first-order chi connectivity index (χ1) is 9.19. The lowest BCUT2D eigenvalue weighted by molar-refractivity contribution is 0.740. The largest absolute Gasteiger partial charge is 0.255 e. The summed E-state index contributed by atoms with van der Waals surface area (Å²) in [6.45, 7) is 4.12. The van der Waals surface area contributed by atoms with Crippen molar-refractivity contribution < 1.29 is 0 Å². The molecule has 1 heterocycles. The van der Waals surface area contributed by atoms with Crippen LogP contribution >= 0.6 is 10.0 Å². The predicted molar refractivity (Wildman–Crippen MR) is 92.1 cm³/mol. The second kappa shape index (κ2) is 5.29. The average molecular weight is 283 g/mol. The van der Waals surface area contributed by atoms with Gasteiger partial charge in [0.15, 0.2) is 0 Å². The van der Waals surface area contributed by atoms with Crippen molar-refractivity contribution in [3.63, 3.8) is 0 Å². The number of hydrogen-bond acceptors (Lipinski definition) is 1. The van der Waals surface area contributed by atoms with Crippen LogP contribution in [0.3, 0.4) is 0 Å². The Bertz CT molecular complexity index is 595. The molecule has 2 aromatic rings. The van der Waals surface area contributed by atoms with Crippen LogP contribution in [0.2, 0.25) is 0 Å². The third-order valence-corrected chi connectivity index (χ3v) is 4.94. The maximum Gasteiger partial charge on any atom is 0.0803 e. The van der Waals surface area contributed by atoms with E-state index in [2.05, 4.69) is 55.8 Å². The van der Waals surface area contributed by atoms with Crippen molar-refractivity contribution in [2.45, 2.75) is 24.1 Å². The van der Waals surface area contributed by atoms with Crippen molar-refractivity contribution in [3.8, 4) is 11.3 Å². The quantitative estimate of drug-likeness (QED) is 0.769. The summed E-state index contributed by atoms with van der Waals surface area (Å²) in [5.74, 6) is 0. The lowest BCUT2D eigenvalue weighted by Gasteiger charge is -2.33. The van der Waals surface area contributed by atoms with E-state index >= 15 is 0 Å². The van der Waals surface area contributed by atoms with E-state index in [1.54, 1.807) is 0 Å². The molecule has 1 aromatic carbocycles. The Labute approximate surface area is 125 Å². The first-order valence-electron chi connectivity index (χ1n) is 6.73. The van der Waals surface area contributed by atoms with E-state index in [-0.39, 0.29) is 5.31 Å². The molecule has 0 atom stereocenters. The summed E-state index contributed by atoms with van der Waals surface area (Å²) < 4.78 is 0. The Morgan fingerprint density at radius 1 is 1.05 bits per heavy atom. The van der Waals surface area contributed by atoms with E-state index in [1.807, 2.05) is 24.4 Å². The summed E-state index contributed by atoms with van der Waals surface area (Å²) in [5, 5.41) is -0.359. The summed E-state index contributed by atoms with van der Waals surface area (Å²) >= 11 is 0. The van der Waals surface area contributed by atoms with E-state index in [1.165, 1.54) is 10.5 Å². The molecule has 2 radical (unpaired) electrons. The van der Waals surface area contributed by atoms with Gasteiger partial charge in [-0.05, 0) is 35.7 Å². The van der Waals surface area contributed by atoms with Crippen LogP contribution in [0.1, 0.15) is 19.4 Å². The predicted octanol–water partition coefficient (Wildman–Crippen LogP) is 4.21. The first-order valence-corrected chi connectivity index (χ1v) is 9.58. The molecule has 2 rings (SSSR count). The number of hydrogen-bond donors (Lipinski definition) is 0. The van der Waals surface area contributed by atoms with Crippen LogP contribution < -0.4 is 0 Å². The summed E-state index contributed by atoms with van der Waals surface area (Å²) in [7, 11) is 5.53. The van der Waals surface area contributed by atoms with Crippen LogP contribution in [0.25, 0.3) is 11.3 Å². The van der Waals surface area contributed by atoms with Crippen LogP contribution in [-0.4, -0.2) is 31.6 Å². The van der Waals surface area contributed by atoms with Gasteiger partial charge >= 0.3 is 0 Å². The van der Waals surface area contributed by atoms with Gasteiger partial charge in [-0.3, -0.25) is 4.98 Å². The van der Waals surface area contributed by atoms with Crippen LogP contribution in [-0.2, 0) is 5.31 Å². The molecule has 0 fully saturated rings. The first kappa shape index (κ1) is 15.2. The third kappa shape index (κ3) is 3.27. The van der Waals surface area contributed by atoms with Crippen molar-refractivity contribution in [1.82, 2.24) is 4.98 Å². The highest BCUT2D eigenvalue weighted by Crippen LogP contribution is 2.49. The molecule has 0 spiro atoms. The van der Waals surface area contributed by atoms with Gasteiger partial charge in [0.05, 0.1) is 13.5 Å². The zero-order valence-electron chi connectivity index (χ0n) is 13.0. The monoisotopic (exact) mass is 283 g/mol. The molecule has 3 heteroatoms. The van der Waals surface area contributed by atoms with E-state index in [0.717, 1.165) is 11.3 Å². The number of benzene rings is 1. The minimum Gasteiger partial charge on any atom is -0.255 e. The lowest BCUT2D eigenvalue weighted by atomic mass is 9.67. The molecule has 0 bridgehead atoms. The number of nitrogens with zero attached hydrogens (tertiary/aromatic N) is 1. The van der Waals surface area contributed by atoms with Crippen molar-refractivity contribution in [2.24, 2.45) is 0 Å². The summed E-state index contributed by atoms with van der Waals surface area (Å²) in [6, 6.07) is 12.4. The van der Waals surface area contributed by atoms with E-state index in [0.29, 0.717) is 0 Å². The fourth-order valence-electron chi connectivity index (χ4n) is 2.20. The lowest BCUT2D eigenvalue weighted by Crippen LogP contribution is -2.20. The molecule has 0 saturated carbocycles. The minimum absolute atomic E-state index is 0.359. The van der Waals surface area contributed by atoms with Crippen LogP contribution in [0, 0.1) is 0 Å². The molecule has 0 unspecified atom stereocenters. The van der Waals surface area contributed by atoms with Gasteiger partial charge in [-0.2, -0.15) is 0 Å². The van der Waals surface area contributed by atoms with Gasteiger partial charge in [-0.25, -0.2) is 10.0 Å². The second-order valence-electron chi connectivity index (χ2n) is 6.49. The van der Waals surface area contributed by atoms with Gasteiger partial charge in [-0.1, -0.05) is 44.2 Å². The van der Waals surface area contributed by atoms with Crippen LogP contribution in [0.15, 0.2) is 47.5 Å². The van der Waals surface area contributed by atoms with Gasteiger partial charge in [0, 0.05) is 16.7 Å². The minimum atomic E-state index is -0.858. The van der Waals surface area contributed by atoms with Crippen molar-refractivity contribution in [1.29, 1.82) is 0 Å². The number of aromatic nitrogens is 1.